The number of benzene rings is 1. The van der Waals surface area contributed by atoms with Crippen LogP contribution >= 0.6 is 0 Å². The minimum Gasteiger partial charge on any atom is -0.496 e. The second-order valence-corrected chi connectivity index (χ2v) is 4.84. The predicted molar refractivity (Wildman–Crippen MR) is 84.5 cm³/mol. The van der Waals surface area contributed by atoms with Crippen LogP contribution in [0.15, 0.2) is 30.5 Å². The van der Waals surface area contributed by atoms with Crippen LogP contribution in [0.1, 0.15) is 19.8 Å². The van der Waals surface area contributed by atoms with Crippen molar-refractivity contribution in [2.24, 2.45) is 5.73 Å². The fourth-order valence-electron chi connectivity index (χ4n) is 2.36. The van der Waals surface area contributed by atoms with Crippen LogP contribution in [0.2, 0.25) is 0 Å². The van der Waals surface area contributed by atoms with Gasteiger partial charge in [0.25, 0.3) is 0 Å². The van der Waals surface area contributed by atoms with Crippen molar-refractivity contribution in [2.45, 2.75) is 19.8 Å². The van der Waals surface area contributed by atoms with Crippen molar-refractivity contribution in [1.82, 2.24) is 4.98 Å². The molecular formula is C16H23N3O. The topological polar surface area (TPSA) is 51.4 Å². The molecule has 0 aliphatic rings. The fraction of sp³-hybridized carbons (Fsp3) is 0.438. The summed E-state index contributed by atoms with van der Waals surface area (Å²) < 4.78 is 5.42. The Morgan fingerprint density at radius 3 is 2.80 bits per heavy atom. The summed E-state index contributed by atoms with van der Waals surface area (Å²) in [6.07, 6.45) is 4.12. The molecule has 1 aromatic carbocycles. The van der Waals surface area contributed by atoms with Gasteiger partial charge >= 0.3 is 0 Å². The SMILES string of the molecule is CCCCN(CCN)c1ccc2nccc(OC)c2c1. The van der Waals surface area contributed by atoms with Crippen LogP contribution in [-0.2, 0) is 0 Å². The molecule has 1 aromatic heterocycles. The Morgan fingerprint density at radius 1 is 1.25 bits per heavy atom. The van der Waals surface area contributed by atoms with Crippen molar-refractivity contribution < 1.29 is 4.74 Å². The Kier molecular flexibility index (Phi) is 5.18. The number of aromatic nitrogens is 1. The van der Waals surface area contributed by atoms with E-state index in [1.54, 1.807) is 13.3 Å². The number of nitrogens with zero attached hydrogens (tertiary/aromatic N) is 2. The van der Waals surface area contributed by atoms with Gasteiger partial charge in [0.2, 0.25) is 0 Å². The molecular weight excluding hydrogens is 250 g/mol. The van der Waals surface area contributed by atoms with E-state index in [-0.39, 0.29) is 0 Å². The van der Waals surface area contributed by atoms with Crippen molar-refractivity contribution in [1.29, 1.82) is 0 Å². The Morgan fingerprint density at radius 2 is 2.10 bits per heavy atom. The lowest BCUT2D eigenvalue weighted by atomic mass is 10.1. The Hall–Kier alpha value is -1.81. The van der Waals surface area contributed by atoms with Gasteiger partial charge in [-0.25, -0.2) is 0 Å². The van der Waals surface area contributed by atoms with Crippen LogP contribution in [0.3, 0.4) is 0 Å². The molecule has 0 bridgehead atoms. The number of ether oxygens (including phenoxy) is 1. The minimum atomic E-state index is 0.659. The second-order valence-electron chi connectivity index (χ2n) is 4.84. The smallest absolute Gasteiger partial charge is 0.129 e. The molecule has 0 unspecified atom stereocenters. The zero-order valence-corrected chi connectivity index (χ0v) is 12.3. The van der Waals surface area contributed by atoms with Crippen LogP contribution in [-0.4, -0.2) is 31.7 Å². The van der Waals surface area contributed by atoms with Crippen LogP contribution in [0.25, 0.3) is 10.9 Å². The Bertz CT molecular complexity index is 556. The maximum absolute atomic E-state index is 5.73. The summed E-state index contributed by atoms with van der Waals surface area (Å²) in [5, 5.41) is 1.05. The molecule has 0 aliphatic carbocycles. The molecule has 20 heavy (non-hydrogen) atoms. The normalized spacial score (nSPS) is 10.8. The summed E-state index contributed by atoms with van der Waals surface area (Å²) >= 11 is 0. The number of hydrogen-bond acceptors (Lipinski definition) is 4. The lowest BCUT2D eigenvalue weighted by Crippen LogP contribution is -2.30. The van der Waals surface area contributed by atoms with Crippen LogP contribution in [0.5, 0.6) is 5.75 Å². The molecule has 108 valence electrons. The standard InChI is InChI=1S/C16H23N3O/c1-3-4-10-19(11-8-17)13-5-6-15-14(12-13)16(20-2)7-9-18-15/h5-7,9,12H,3-4,8,10-11,17H2,1-2H3. The van der Waals surface area contributed by atoms with E-state index in [0.29, 0.717) is 6.54 Å². The van der Waals surface area contributed by atoms with Gasteiger partial charge in [-0.05, 0) is 30.7 Å². The monoisotopic (exact) mass is 273 g/mol. The van der Waals surface area contributed by atoms with Crippen molar-refractivity contribution >= 4 is 16.6 Å². The first kappa shape index (κ1) is 14.6. The lowest BCUT2D eigenvalue weighted by molar-refractivity contribution is 0.419. The number of hydrogen-bond donors (Lipinski definition) is 1. The number of pyridine rings is 1. The Balaban J connectivity index is 2.37. The molecule has 0 spiro atoms. The van der Waals surface area contributed by atoms with E-state index in [1.165, 1.54) is 18.5 Å². The molecule has 0 saturated carbocycles. The quantitative estimate of drug-likeness (QED) is 0.843. The second kappa shape index (κ2) is 7.10. The summed E-state index contributed by atoms with van der Waals surface area (Å²) in [6.45, 7) is 4.76. The highest BCUT2D eigenvalue weighted by Crippen LogP contribution is 2.28. The van der Waals surface area contributed by atoms with Gasteiger partial charge in [-0.3, -0.25) is 4.98 Å². The zero-order chi connectivity index (χ0) is 14.4. The Labute approximate surface area is 120 Å². The average Bonchev–Trinajstić information content (AvgIpc) is 2.50. The van der Waals surface area contributed by atoms with Crippen LogP contribution in [0, 0.1) is 0 Å². The summed E-state index contributed by atoms with van der Waals surface area (Å²) in [7, 11) is 1.69. The van der Waals surface area contributed by atoms with E-state index in [0.717, 1.165) is 29.7 Å². The van der Waals surface area contributed by atoms with Crippen molar-refractivity contribution in [3.8, 4) is 5.75 Å². The van der Waals surface area contributed by atoms with Crippen LogP contribution in [0.4, 0.5) is 5.69 Å². The molecule has 2 N–H and O–H groups in total. The predicted octanol–water partition coefficient (Wildman–Crippen LogP) is 2.81. The summed E-state index contributed by atoms with van der Waals surface area (Å²) in [4.78, 5) is 6.70. The third-order valence-corrected chi connectivity index (χ3v) is 3.45. The van der Waals surface area contributed by atoms with Gasteiger partial charge in [-0.1, -0.05) is 13.3 Å². The molecule has 1 heterocycles. The maximum Gasteiger partial charge on any atom is 0.129 e. The van der Waals surface area contributed by atoms with Gasteiger partial charge in [0.1, 0.15) is 5.75 Å². The van der Waals surface area contributed by atoms with E-state index in [4.69, 9.17) is 10.5 Å². The van der Waals surface area contributed by atoms with Crippen LogP contribution < -0.4 is 15.4 Å². The number of unbranched alkanes of at least 4 members (excludes halogenated alkanes) is 1. The first-order valence-electron chi connectivity index (χ1n) is 7.18. The highest BCUT2D eigenvalue weighted by atomic mass is 16.5. The van der Waals surface area contributed by atoms with Crippen molar-refractivity contribution in [2.75, 3.05) is 31.6 Å². The molecule has 0 aliphatic heterocycles. The van der Waals surface area contributed by atoms with Gasteiger partial charge < -0.3 is 15.4 Å². The van der Waals surface area contributed by atoms with Gasteiger partial charge in [-0.15, -0.1) is 0 Å². The summed E-state index contributed by atoms with van der Waals surface area (Å²) in [5.41, 5.74) is 7.87. The van der Waals surface area contributed by atoms with Gasteiger partial charge in [0.05, 0.1) is 12.6 Å². The molecule has 0 fully saturated rings. The van der Waals surface area contributed by atoms with E-state index in [9.17, 15) is 0 Å². The molecule has 0 radical (unpaired) electrons. The van der Waals surface area contributed by atoms with Gasteiger partial charge in [0, 0.05) is 36.9 Å². The summed E-state index contributed by atoms with van der Waals surface area (Å²) in [5.74, 6) is 0.861. The zero-order valence-electron chi connectivity index (χ0n) is 12.3. The third-order valence-electron chi connectivity index (χ3n) is 3.45. The lowest BCUT2D eigenvalue weighted by Gasteiger charge is -2.24. The molecule has 0 amide bonds. The largest absolute Gasteiger partial charge is 0.496 e. The molecule has 4 heteroatoms. The maximum atomic E-state index is 5.73. The number of methoxy groups -OCH3 is 1. The van der Waals surface area contributed by atoms with E-state index >= 15 is 0 Å². The number of nitrogens with two attached hydrogens (primary N) is 1. The van der Waals surface area contributed by atoms with E-state index in [2.05, 4.69) is 28.9 Å². The van der Waals surface area contributed by atoms with Crippen molar-refractivity contribution in [3.05, 3.63) is 30.5 Å². The van der Waals surface area contributed by atoms with Gasteiger partial charge in [0.15, 0.2) is 0 Å². The molecule has 4 nitrogen and oxygen atoms in total. The third kappa shape index (κ3) is 3.20. The number of fused-ring (bicyclic) bond motifs is 1. The first-order valence-corrected chi connectivity index (χ1v) is 7.18. The summed E-state index contributed by atoms with van der Waals surface area (Å²) in [6, 6.07) is 8.20. The van der Waals surface area contributed by atoms with Crippen molar-refractivity contribution in [3.63, 3.8) is 0 Å². The number of rotatable bonds is 7. The highest BCUT2D eigenvalue weighted by molar-refractivity contribution is 5.88. The van der Waals surface area contributed by atoms with E-state index < -0.39 is 0 Å². The number of anilines is 1. The average molecular weight is 273 g/mol. The fourth-order valence-corrected chi connectivity index (χ4v) is 2.36. The van der Waals surface area contributed by atoms with E-state index in [1.807, 2.05) is 12.1 Å². The highest BCUT2D eigenvalue weighted by Gasteiger charge is 2.08. The molecule has 2 rings (SSSR count). The molecule has 0 atom stereocenters. The minimum absolute atomic E-state index is 0.659. The molecule has 2 aromatic rings. The first-order chi connectivity index (χ1) is 9.80. The van der Waals surface area contributed by atoms with Gasteiger partial charge in [-0.2, -0.15) is 0 Å². The molecule has 0 saturated heterocycles.